The Labute approximate surface area is 89.5 Å². The second kappa shape index (κ2) is 4.80. The molecule has 0 bridgehead atoms. The Bertz CT molecular complexity index is 297. The van der Waals surface area contributed by atoms with E-state index in [2.05, 4.69) is 4.74 Å². The van der Waals surface area contributed by atoms with Gasteiger partial charge in [0.15, 0.2) is 5.57 Å². The molecule has 0 spiro atoms. The van der Waals surface area contributed by atoms with Crippen LogP contribution in [-0.4, -0.2) is 23.5 Å². The number of hydrogen-bond acceptors (Lipinski definition) is 5. The standard InChI is InChI=1S/C7H6ClNO2S2/c1-11-6(10)4(2-9)7-12-3-5(8)13-7/h5H,3H2,1H3. The van der Waals surface area contributed by atoms with Crippen molar-refractivity contribution in [3.8, 4) is 6.07 Å². The lowest BCUT2D eigenvalue weighted by molar-refractivity contribution is -0.135. The molecule has 3 nitrogen and oxygen atoms in total. The van der Waals surface area contributed by atoms with Crippen LogP contribution in [0.3, 0.4) is 0 Å². The molecule has 0 aromatic rings. The number of halogens is 1. The summed E-state index contributed by atoms with van der Waals surface area (Å²) in [6.45, 7) is 0. The molecule has 1 aliphatic heterocycles. The number of methoxy groups -OCH3 is 1. The molecular weight excluding hydrogens is 230 g/mol. The second-order valence-corrected chi connectivity index (χ2v) is 5.39. The quantitative estimate of drug-likeness (QED) is 0.301. The molecule has 6 heteroatoms. The summed E-state index contributed by atoms with van der Waals surface area (Å²) in [7, 11) is 1.25. The number of ether oxygens (including phenoxy) is 1. The van der Waals surface area contributed by atoms with Crippen molar-refractivity contribution >= 4 is 41.1 Å². The van der Waals surface area contributed by atoms with Gasteiger partial charge in [0, 0.05) is 5.75 Å². The number of hydrogen-bond donors (Lipinski definition) is 0. The molecule has 70 valence electrons. The number of alkyl halides is 1. The number of thioether (sulfide) groups is 2. The fraction of sp³-hybridized carbons (Fsp3) is 0.429. The van der Waals surface area contributed by atoms with Crippen LogP contribution in [0.25, 0.3) is 0 Å². The molecule has 1 rings (SSSR count). The van der Waals surface area contributed by atoms with Gasteiger partial charge in [0.2, 0.25) is 0 Å². The van der Waals surface area contributed by atoms with E-state index >= 15 is 0 Å². The SMILES string of the molecule is COC(=O)C(C#N)=C1SCC(Cl)S1. The average Bonchev–Trinajstić information content (AvgIpc) is 2.53. The summed E-state index contributed by atoms with van der Waals surface area (Å²) in [5.74, 6) is 0.118. The lowest BCUT2D eigenvalue weighted by atomic mass is 10.3. The molecule has 0 saturated carbocycles. The van der Waals surface area contributed by atoms with E-state index in [4.69, 9.17) is 16.9 Å². The van der Waals surface area contributed by atoms with Gasteiger partial charge in [0.1, 0.15) is 6.07 Å². The van der Waals surface area contributed by atoms with E-state index in [1.807, 2.05) is 6.07 Å². The first-order valence-electron chi connectivity index (χ1n) is 3.35. The van der Waals surface area contributed by atoms with Crippen LogP contribution in [0.1, 0.15) is 0 Å². The van der Waals surface area contributed by atoms with Crippen molar-refractivity contribution in [2.75, 3.05) is 12.9 Å². The van der Waals surface area contributed by atoms with Crippen molar-refractivity contribution in [3.63, 3.8) is 0 Å². The predicted octanol–water partition coefficient (Wildman–Crippen LogP) is 1.94. The fourth-order valence-electron chi connectivity index (χ4n) is 0.733. The van der Waals surface area contributed by atoms with E-state index < -0.39 is 5.97 Å². The Morgan fingerprint density at radius 1 is 1.85 bits per heavy atom. The van der Waals surface area contributed by atoms with Crippen molar-refractivity contribution in [1.29, 1.82) is 5.26 Å². The third kappa shape index (κ3) is 2.56. The lowest BCUT2D eigenvalue weighted by Gasteiger charge is -1.99. The molecule has 13 heavy (non-hydrogen) atoms. The minimum atomic E-state index is -0.594. The largest absolute Gasteiger partial charge is 0.465 e. The van der Waals surface area contributed by atoms with Crippen molar-refractivity contribution in [2.24, 2.45) is 0 Å². The monoisotopic (exact) mass is 235 g/mol. The Balaban J connectivity index is 2.88. The Kier molecular flexibility index (Phi) is 3.97. The number of rotatable bonds is 1. The normalized spacial score (nSPS) is 25.2. The summed E-state index contributed by atoms with van der Waals surface area (Å²) in [4.78, 5) is 11.1. The number of nitriles is 1. The van der Waals surface area contributed by atoms with Crippen LogP contribution < -0.4 is 0 Å². The lowest BCUT2D eigenvalue weighted by Crippen LogP contribution is -2.03. The number of carbonyl (C=O) groups excluding carboxylic acids is 1. The number of esters is 1. The van der Waals surface area contributed by atoms with Gasteiger partial charge in [-0.1, -0.05) is 11.8 Å². The van der Waals surface area contributed by atoms with Crippen molar-refractivity contribution in [1.82, 2.24) is 0 Å². The topological polar surface area (TPSA) is 50.1 Å². The van der Waals surface area contributed by atoms with Crippen molar-refractivity contribution in [3.05, 3.63) is 9.81 Å². The molecule has 1 fully saturated rings. The molecule has 1 atom stereocenters. The third-order valence-electron chi connectivity index (χ3n) is 1.29. The van der Waals surface area contributed by atoms with E-state index in [1.54, 1.807) is 0 Å². The summed E-state index contributed by atoms with van der Waals surface area (Å²) in [6.07, 6.45) is 0. The highest BCUT2D eigenvalue weighted by molar-refractivity contribution is 8.26. The zero-order chi connectivity index (χ0) is 9.84. The van der Waals surface area contributed by atoms with Gasteiger partial charge in [-0.2, -0.15) is 5.26 Å². The minimum absolute atomic E-state index is 0.0562. The van der Waals surface area contributed by atoms with Crippen LogP contribution in [0.4, 0.5) is 0 Å². The summed E-state index contributed by atoms with van der Waals surface area (Å²) >= 11 is 8.54. The zero-order valence-electron chi connectivity index (χ0n) is 6.74. The van der Waals surface area contributed by atoms with E-state index in [1.165, 1.54) is 30.6 Å². The molecule has 0 radical (unpaired) electrons. The first-order chi connectivity index (χ1) is 6.19. The maximum atomic E-state index is 11.1. The highest BCUT2D eigenvalue weighted by Crippen LogP contribution is 2.45. The summed E-state index contributed by atoms with van der Waals surface area (Å²) in [6, 6.07) is 1.82. The van der Waals surface area contributed by atoms with E-state index in [0.717, 1.165) is 0 Å². The molecule has 1 heterocycles. The molecular formula is C7H6ClNO2S2. The van der Waals surface area contributed by atoms with Gasteiger partial charge in [0.05, 0.1) is 16.1 Å². The minimum Gasteiger partial charge on any atom is -0.465 e. The predicted molar refractivity (Wildman–Crippen MR) is 54.3 cm³/mol. The zero-order valence-corrected chi connectivity index (χ0v) is 9.13. The molecule has 1 saturated heterocycles. The summed E-state index contributed by atoms with van der Waals surface area (Å²) in [5, 5.41) is 8.70. The van der Waals surface area contributed by atoms with Crippen LogP contribution in [0.5, 0.6) is 0 Å². The summed E-state index contributed by atoms with van der Waals surface area (Å²) in [5.41, 5.74) is 0.0562. The molecule has 0 aromatic carbocycles. The van der Waals surface area contributed by atoms with Crippen LogP contribution in [0.15, 0.2) is 9.81 Å². The average molecular weight is 236 g/mol. The van der Waals surface area contributed by atoms with Gasteiger partial charge in [-0.25, -0.2) is 4.79 Å². The molecule has 1 unspecified atom stereocenters. The molecule has 0 N–H and O–H groups in total. The Morgan fingerprint density at radius 2 is 2.54 bits per heavy atom. The van der Waals surface area contributed by atoms with Crippen LogP contribution in [0.2, 0.25) is 0 Å². The highest BCUT2D eigenvalue weighted by atomic mass is 35.5. The Morgan fingerprint density at radius 3 is 2.92 bits per heavy atom. The van der Waals surface area contributed by atoms with E-state index in [0.29, 0.717) is 9.99 Å². The second-order valence-electron chi connectivity index (χ2n) is 2.10. The smallest absolute Gasteiger partial charge is 0.350 e. The number of nitrogens with zero attached hydrogens (tertiary/aromatic N) is 1. The van der Waals surface area contributed by atoms with E-state index in [9.17, 15) is 4.79 Å². The van der Waals surface area contributed by atoms with E-state index in [-0.39, 0.29) is 10.3 Å². The van der Waals surface area contributed by atoms with Gasteiger partial charge in [-0.15, -0.1) is 23.4 Å². The van der Waals surface area contributed by atoms with Crippen LogP contribution in [0, 0.1) is 11.3 Å². The van der Waals surface area contributed by atoms with Crippen molar-refractivity contribution in [2.45, 2.75) is 4.71 Å². The maximum Gasteiger partial charge on any atom is 0.350 e. The molecule has 1 aliphatic rings. The molecule has 0 amide bonds. The van der Waals surface area contributed by atoms with Gasteiger partial charge in [-0.3, -0.25) is 0 Å². The molecule has 0 aliphatic carbocycles. The summed E-state index contributed by atoms with van der Waals surface area (Å²) < 4.78 is 5.06. The number of carbonyl (C=O) groups is 1. The van der Waals surface area contributed by atoms with Crippen molar-refractivity contribution < 1.29 is 9.53 Å². The first kappa shape index (κ1) is 10.8. The van der Waals surface area contributed by atoms with Crippen LogP contribution >= 0.6 is 35.1 Å². The van der Waals surface area contributed by atoms with Crippen LogP contribution in [-0.2, 0) is 9.53 Å². The highest BCUT2D eigenvalue weighted by Gasteiger charge is 2.25. The van der Waals surface area contributed by atoms with Gasteiger partial charge in [-0.05, 0) is 0 Å². The van der Waals surface area contributed by atoms with Gasteiger partial charge >= 0.3 is 5.97 Å². The molecule has 0 aromatic heterocycles. The first-order valence-corrected chi connectivity index (χ1v) is 5.65. The van der Waals surface area contributed by atoms with Gasteiger partial charge < -0.3 is 4.74 Å². The Hall–Kier alpha value is -0.310. The fourth-order valence-corrected chi connectivity index (χ4v) is 3.68. The maximum absolute atomic E-state index is 11.1. The third-order valence-corrected chi connectivity index (χ3v) is 4.55. The van der Waals surface area contributed by atoms with Gasteiger partial charge in [0.25, 0.3) is 0 Å².